The number of nitrogens with zero attached hydrogens (tertiary/aromatic N) is 1. The second kappa shape index (κ2) is 7.39. The van der Waals surface area contributed by atoms with Crippen LogP contribution >= 0.6 is 0 Å². The number of ketones is 1. The minimum atomic E-state index is -0.500. The molecular formula is C20H23NO3. The zero-order valence-electron chi connectivity index (χ0n) is 14.6. The molecule has 4 heteroatoms. The van der Waals surface area contributed by atoms with Crippen LogP contribution in [0.15, 0.2) is 47.5 Å². The molecule has 1 amide bonds. The van der Waals surface area contributed by atoms with Crippen molar-refractivity contribution in [2.75, 3.05) is 6.61 Å². The SMILES string of the molecule is CCO/C(CC(=O)C(C)(C)C)=N\C(=O)c1cccc2ccccc12. The molecular weight excluding hydrogens is 302 g/mol. The van der Waals surface area contributed by atoms with E-state index < -0.39 is 11.3 Å². The van der Waals surface area contributed by atoms with Crippen LogP contribution in [-0.4, -0.2) is 24.2 Å². The third-order valence-corrected chi connectivity index (χ3v) is 3.71. The Bertz CT molecular complexity index is 780. The smallest absolute Gasteiger partial charge is 0.280 e. The summed E-state index contributed by atoms with van der Waals surface area (Å²) in [7, 11) is 0. The van der Waals surface area contributed by atoms with Gasteiger partial charge >= 0.3 is 0 Å². The zero-order valence-corrected chi connectivity index (χ0v) is 14.6. The number of benzene rings is 2. The lowest BCUT2D eigenvalue weighted by atomic mass is 9.89. The van der Waals surface area contributed by atoms with Gasteiger partial charge in [-0.05, 0) is 23.8 Å². The van der Waals surface area contributed by atoms with Gasteiger partial charge in [-0.15, -0.1) is 0 Å². The lowest BCUT2D eigenvalue weighted by Gasteiger charge is -2.17. The summed E-state index contributed by atoms with van der Waals surface area (Å²) >= 11 is 0. The summed E-state index contributed by atoms with van der Waals surface area (Å²) in [5, 5.41) is 1.81. The predicted molar refractivity (Wildman–Crippen MR) is 96.4 cm³/mol. The van der Waals surface area contributed by atoms with Crippen LogP contribution in [-0.2, 0) is 9.53 Å². The first-order chi connectivity index (χ1) is 11.3. The van der Waals surface area contributed by atoms with Gasteiger partial charge in [-0.2, -0.15) is 4.99 Å². The first-order valence-corrected chi connectivity index (χ1v) is 8.08. The van der Waals surface area contributed by atoms with E-state index in [4.69, 9.17) is 4.74 Å². The van der Waals surface area contributed by atoms with Crippen molar-refractivity contribution >= 4 is 28.4 Å². The summed E-state index contributed by atoms with van der Waals surface area (Å²) in [6.07, 6.45) is 0.0217. The van der Waals surface area contributed by atoms with Crippen LogP contribution in [0.25, 0.3) is 10.8 Å². The summed E-state index contributed by atoms with van der Waals surface area (Å²) in [5.41, 5.74) is 0.00824. The van der Waals surface area contributed by atoms with Crippen molar-refractivity contribution in [3.8, 4) is 0 Å². The van der Waals surface area contributed by atoms with E-state index in [1.54, 1.807) is 13.0 Å². The number of aliphatic imine (C=N–C) groups is 1. The Labute approximate surface area is 142 Å². The predicted octanol–water partition coefficient (Wildman–Crippen LogP) is 4.42. The number of Topliss-reactive ketones (excluding diaryl/α,β-unsaturated/α-hetero) is 1. The highest BCUT2D eigenvalue weighted by Gasteiger charge is 2.24. The molecule has 0 fully saturated rings. The Morgan fingerprint density at radius 1 is 1.04 bits per heavy atom. The normalized spacial score (nSPS) is 12.2. The van der Waals surface area contributed by atoms with Gasteiger partial charge < -0.3 is 4.74 Å². The molecule has 2 rings (SSSR count). The summed E-state index contributed by atoms with van der Waals surface area (Å²) in [6, 6.07) is 13.2. The second-order valence-electron chi connectivity index (χ2n) is 6.62. The summed E-state index contributed by atoms with van der Waals surface area (Å²) in [4.78, 5) is 28.9. The quantitative estimate of drug-likeness (QED) is 0.617. The van der Waals surface area contributed by atoms with Crippen LogP contribution in [0, 0.1) is 5.41 Å². The Hall–Kier alpha value is -2.49. The number of rotatable bonds is 4. The molecule has 4 nitrogen and oxygen atoms in total. The second-order valence-corrected chi connectivity index (χ2v) is 6.62. The molecule has 126 valence electrons. The van der Waals surface area contributed by atoms with E-state index in [1.807, 2.05) is 57.2 Å². The molecule has 0 unspecified atom stereocenters. The van der Waals surface area contributed by atoms with E-state index in [0.717, 1.165) is 10.8 Å². The van der Waals surface area contributed by atoms with Crippen molar-refractivity contribution in [1.82, 2.24) is 0 Å². The highest BCUT2D eigenvalue weighted by molar-refractivity contribution is 6.12. The molecule has 2 aromatic rings. The first-order valence-electron chi connectivity index (χ1n) is 8.08. The Morgan fingerprint density at radius 3 is 2.38 bits per heavy atom. The number of hydrogen-bond donors (Lipinski definition) is 0. The monoisotopic (exact) mass is 325 g/mol. The molecule has 0 bridgehead atoms. The molecule has 0 N–H and O–H groups in total. The molecule has 0 aliphatic heterocycles. The van der Waals surface area contributed by atoms with E-state index in [9.17, 15) is 9.59 Å². The molecule has 24 heavy (non-hydrogen) atoms. The maximum atomic E-state index is 12.6. The van der Waals surface area contributed by atoms with Crippen molar-refractivity contribution in [2.45, 2.75) is 34.1 Å². The number of hydrogen-bond acceptors (Lipinski definition) is 3. The molecule has 0 spiro atoms. The van der Waals surface area contributed by atoms with Gasteiger partial charge in [-0.25, -0.2) is 0 Å². The molecule has 0 radical (unpaired) electrons. The van der Waals surface area contributed by atoms with Gasteiger partial charge in [0.25, 0.3) is 5.91 Å². The highest BCUT2D eigenvalue weighted by Crippen LogP contribution is 2.20. The minimum absolute atomic E-state index is 0.0135. The van der Waals surface area contributed by atoms with Gasteiger partial charge in [-0.3, -0.25) is 9.59 Å². The van der Waals surface area contributed by atoms with Crippen LogP contribution in [0.2, 0.25) is 0 Å². The fourth-order valence-electron chi connectivity index (χ4n) is 2.28. The van der Waals surface area contributed by atoms with Crippen molar-refractivity contribution < 1.29 is 14.3 Å². The number of carbonyl (C=O) groups excluding carboxylic acids is 2. The van der Waals surface area contributed by atoms with Crippen LogP contribution in [0.1, 0.15) is 44.5 Å². The van der Waals surface area contributed by atoms with E-state index >= 15 is 0 Å². The van der Waals surface area contributed by atoms with Gasteiger partial charge in [-0.1, -0.05) is 57.2 Å². The van der Waals surface area contributed by atoms with E-state index in [1.165, 1.54) is 0 Å². The number of ether oxygens (including phenoxy) is 1. The molecule has 0 aliphatic rings. The van der Waals surface area contributed by atoms with E-state index in [0.29, 0.717) is 12.2 Å². The van der Waals surface area contributed by atoms with Crippen LogP contribution in [0.5, 0.6) is 0 Å². The van der Waals surface area contributed by atoms with Crippen molar-refractivity contribution in [3.05, 3.63) is 48.0 Å². The molecule has 0 aromatic heterocycles. The average Bonchev–Trinajstić information content (AvgIpc) is 2.53. The molecule has 2 aromatic carbocycles. The lowest BCUT2D eigenvalue weighted by molar-refractivity contribution is -0.125. The third kappa shape index (κ3) is 4.28. The maximum absolute atomic E-state index is 12.6. The third-order valence-electron chi connectivity index (χ3n) is 3.71. The molecule has 0 aliphatic carbocycles. The minimum Gasteiger partial charge on any atom is -0.481 e. The van der Waals surface area contributed by atoms with Gasteiger partial charge in [0.2, 0.25) is 0 Å². The Morgan fingerprint density at radius 2 is 1.71 bits per heavy atom. The van der Waals surface area contributed by atoms with Crippen molar-refractivity contribution in [2.24, 2.45) is 10.4 Å². The van der Waals surface area contributed by atoms with Crippen LogP contribution < -0.4 is 0 Å². The lowest BCUT2D eigenvalue weighted by Crippen LogP contribution is -2.24. The van der Waals surface area contributed by atoms with E-state index in [2.05, 4.69) is 4.99 Å². The number of carbonyl (C=O) groups is 2. The van der Waals surface area contributed by atoms with Crippen molar-refractivity contribution in [1.29, 1.82) is 0 Å². The van der Waals surface area contributed by atoms with Crippen molar-refractivity contribution in [3.63, 3.8) is 0 Å². The van der Waals surface area contributed by atoms with E-state index in [-0.39, 0.29) is 18.1 Å². The zero-order chi connectivity index (χ0) is 17.7. The fourth-order valence-corrected chi connectivity index (χ4v) is 2.28. The largest absolute Gasteiger partial charge is 0.481 e. The number of amides is 1. The van der Waals surface area contributed by atoms with Gasteiger partial charge in [0, 0.05) is 11.0 Å². The topological polar surface area (TPSA) is 55.7 Å². The fraction of sp³-hybridized carbons (Fsp3) is 0.350. The Balaban J connectivity index is 2.34. The average molecular weight is 325 g/mol. The van der Waals surface area contributed by atoms with Gasteiger partial charge in [0.05, 0.1) is 13.0 Å². The van der Waals surface area contributed by atoms with Gasteiger partial charge in [0.1, 0.15) is 5.78 Å². The van der Waals surface area contributed by atoms with Gasteiger partial charge in [0.15, 0.2) is 5.90 Å². The molecule has 0 atom stereocenters. The summed E-state index contributed by atoms with van der Waals surface area (Å²) in [5.74, 6) is -0.229. The summed E-state index contributed by atoms with van der Waals surface area (Å²) in [6.45, 7) is 7.68. The Kier molecular flexibility index (Phi) is 5.50. The molecule has 0 saturated heterocycles. The maximum Gasteiger partial charge on any atom is 0.280 e. The standard InChI is InChI=1S/C20H23NO3/c1-5-24-18(13-17(22)20(2,3)4)21-19(23)16-12-8-10-14-9-6-7-11-15(14)16/h6-12H,5,13H2,1-4H3/b21-18-. The number of fused-ring (bicyclic) bond motifs is 1. The first kappa shape index (κ1) is 17.9. The van der Waals surface area contributed by atoms with Crippen LogP contribution in [0.3, 0.4) is 0 Å². The van der Waals surface area contributed by atoms with Crippen LogP contribution in [0.4, 0.5) is 0 Å². The highest BCUT2D eigenvalue weighted by atomic mass is 16.5. The molecule has 0 saturated carbocycles. The summed E-state index contributed by atoms with van der Waals surface area (Å²) < 4.78 is 5.42. The molecule has 0 heterocycles.